The molecule has 2 aromatic rings. The summed E-state index contributed by atoms with van der Waals surface area (Å²) in [6.45, 7) is 2.56. The third kappa shape index (κ3) is 4.28. The highest BCUT2D eigenvalue weighted by Crippen LogP contribution is 2.61. The highest BCUT2D eigenvalue weighted by molar-refractivity contribution is 6.14. The quantitative estimate of drug-likeness (QED) is 0.432. The summed E-state index contributed by atoms with van der Waals surface area (Å²) in [4.78, 5) is 19.6. The molecule has 0 bridgehead atoms. The Bertz CT molecular complexity index is 1450. The number of hydrogen-bond donors (Lipinski definition) is 0. The molecule has 1 saturated carbocycles. The smallest absolute Gasteiger partial charge is 0.254 e. The molecule has 0 N–H and O–H groups in total. The van der Waals surface area contributed by atoms with Gasteiger partial charge in [0.15, 0.2) is 0 Å². The van der Waals surface area contributed by atoms with Gasteiger partial charge in [-0.25, -0.2) is 8.78 Å². The van der Waals surface area contributed by atoms with E-state index in [0.717, 1.165) is 46.5 Å². The van der Waals surface area contributed by atoms with Crippen LogP contribution in [0.1, 0.15) is 55.7 Å². The van der Waals surface area contributed by atoms with Gasteiger partial charge in [0.05, 0.1) is 17.3 Å². The van der Waals surface area contributed by atoms with E-state index in [9.17, 15) is 10.1 Å². The number of carbonyl (C=O) groups excluding carboxylic acids is 1. The van der Waals surface area contributed by atoms with Gasteiger partial charge in [-0.2, -0.15) is 5.26 Å². The topological polar surface area (TPSA) is 56.5 Å². The minimum Gasteiger partial charge on any atom is -0.307 e. The first kappa shape index (κ1) is 24.7. The molecule has 2 heterocycles. The number of benzene rings is 2. The summed E-state index contributed by atoms with van der Waals surface area (Å²) in [7, 11) is 0. The van der Waals surface area contributed by atoms with Gasteiger partial charge in [-0.3, -0.25) is 9.79 Å². The number of carbonyl (C=O) groups is 1. The van der Waals surface area contributed by atoms with Crippen molar-refractivity contribution >= 4 is 23.5 Å². The van der Waals surface area contributed by atoms with Crippen molar-refractivity contribution in [2.75, 3.05) is 11.4 Å². The molecule has 6 rings (SSSR count). The molecule has 4 aliphatic rings. The molecule has 1 amide bonds. The number of amides is 1. The number of hydrogen-bond acceptors (Lipinski definition) is 3. The van der Waals surface area contributed by atoms with Crippen LogP contribution < -0.4 is 4.90 Å². The first-order chi connectivity index (χ1) is 18.3. The number of fused-ring (bicyclic) bond motifs is 2. The van der Waals surface area contributed by atoms with E-state index in [1.165, 1.54) is 0 Å². The Labute approximate surface area is 222 Å². The van der Waals surface area contributed by atoms with Crippen LogP contribution in [0.3, 0.4) is 0 Å². The number of aliphatic imine (C=N–C) groups is 1. The Hall–Kier alpha value is -3.59. The van der Waals surface area contributed by atoms with Crippen LogP contribution in [0.25, 0.3) is 0 Å². The highest BCUT2D eigenvalue weighted by Gasteiger charge is 2.59. The fourth-order valence-corrected chi connectivity index (χ4v) is 6.63. The van der Waals surface area contributed by atoms with E-state index in [1.807, 2.05) is 41.7 Å². The molecule has 193 valence electrons. The Morgan fingerprint density at radius 3 is 2.84 bits per heavy atom. The van der Waals surface area contributed by atoms with Gasteiger partial charge >= 0.3 is 0 Å². The molecule has 1 radical (unpaired) electrons. The fraction of sp³-hybridized carbons (Fsp3) is 0.375. The van der Waals surface area contributed by atoms with E-state index < -0.39 is 17.3 Å². The van der Waals surface area contributed by atoms with E-state index in [-0.39, 0.29) is 18.7 Å². The number of anilines is 1. The molecule has 38 heavy (non-hydrogen) atoms. The molecule has 2 aromatic carbocycles. The molecule has 1 fully saturated rings. The van der Waals surface area contributed by atoms with Gasteiger partial charge < -0.3 is 4.90 Å². The second-order valence-electron chi connectivity index (χ2n) is 11.1. The maximum Gasteiger partial charge on any atom is 0.254 e. The van der Waals surface area contributed by atoms with Gasteiger partial charge in [0.2, 0.25) is 0 Å². The molecule has 2 aliphatic heterocycles. The summed E-state index contributed by atoms with van der Waals surface area (Å²) in [5.41, 5.74) is 6.40. The fourth-order valence-electron chi connectivity index (χ4n) is 6.63. The molecule has 1 spiro atoms. The van der Waals surface area contributed by atoms with Gasteiger partial charge in [0.25, 0.3) is 11.8 Å². The van der Waals surface area contributed by atoms with Crippen LogP contribution >= 0.6 is 0 Å². The van der Waals surface area contributed by atoms with E-state index in [1.54, 1.807) is 18.3 Å². The summed E-state index contributed by atoms with van der Waals surface area (Å²) in [6, 6.07) is 15.5. The van der Waals surface area contributed by atoms with Crippen LogP contribution in [-0.2, 0) is 17.6 Å². The van der Waals surface area contributed by atoms with Gasteiger partial charge in [0, 0.05) is 48.2 Å². The number of alkyl halides is 2. The lowest BCUT2D eigenvalue weighted by Crippen LogP contribution is -2.50. The predicted octanol–water partition coefficient (Wildman–Crippen LogP) is 7.07. The lowest BCUT2D eigenvalue weighted by Gasteiger charge is -2.47. The summed E-state index contributed by atoms with van der Waals surface area (Å²) >= 11 is 0. The molecule has 0 aromatic heterocycles. The number of allylic oxidation sites excluding steroid dienone is 2. The van der Waals surface area contributed by atoms with Crippen LogP contribution in [0, 0.1) is 29.1 Å². The second kappa shape index (κ2) is 9.31. The zero-order chi connectivity index (χ0) is 26.5. The third-order valence-corrected chi connectivity index (χ3v) is 8.63. The molecule has 6 heteroatoms. The maximum atomic E-state index is 15.5. The number of rotatable bonds is 5. The zero-order valence-electron chi connectivity index (χ0n) is 21.5. The molecule has 4 nitrogen and oxygen atoms in total. The largest absolute Gasteiger partial charge is 0.307 e. The van der Waals surface area contributed by atoms with E-state index in [4.69, 9.17) is 0 Å². The number of aryl methyl sites for hydroxylation is 1. The molecule has 2 aliphatic carbocycles. The number of nitriles is 1. The molecule has 0 saturated heterocycles. The summed E-state index contributed by atoms with van der Waals surface area (Å²) in [5.74, 6) is -3.62. The standard InChI is InChI=1S/C32H30F2N3O/c1-2-5-23-6-3-4-7-29(23)37-20-31(27-17-26(27)30(37)38)11-12-32(33,34)25(18-31)16-21-10-13-36-28-9-8-22(19-35)15-24(28)14-21/h3-4,6-10,13,15,17,25H,2,5,11-12,14,16,18,20H2,1H3/t25-,31+/m1/s1. The Balaban J connectivity index is 1.28. The molecular formula is C32H30F2N3O. The Kier molecular flexibility index (Phi) is 6.06. The van der Waals surface area contributed by atoms with Crippen LogP contribution in [0.2, 0.25) is 0 Å². The van der Waals surface area contributed by atoms with Gasteiger partial charge in [0.1, 0.15) is 0 Å². The van der Waals surface area contributed by atoms with E-state index in [0.29, 0.717) is 36.9 Å². The van der Waals surface area contributed by atoms with Crippen LogP contribution in [0.4, 0.5) is 20.2 Å². The monoisotopic (exact) mass is 510 g/mol. The van der Waals surface area contributed by atoms with Gasteiger partial charge in [-0.05, 0) is 79.1 Å². The molecule has 0 unspecified atom stereocenters. The third-order valence-electron chi connectivity index (χ3n) is 8.63. The number of para-hydroxylation sites is 1. The first-order valence-electron chi connectivity index (χ1n) is 13.5. The Morgan fingerprint density at radius 2 is 2.03 bits per heavy atom. The van der Waals surface area contributed by atoms with Crippen LogP contribution in [0.15, 0.2) is 70.3 Å². The van der Waals surface area contributed by atoms with Crippen molar-refractivity contribution < 1.29 is 13.6 Å². The summed E-state index contributed by atoms with van der Waals surface area (Å²) in [6.07, 6.45) is 8.61. The van der Waals surface area contributed by atoms with Crippen molar-refractivity contribution in [3.63, 3.8) is 0 Å². The predicted molar refractivity (Wildman–Crippen MR) is 145 cm³/mol. The lowest BCUT2D eigenvalue weighted by atomic mass is 9.64. The summed E-state index contributed by atoms with van der Waals surface area (Å²) < 4.78 is 30.9. The van der Waals surface area contributed by atoms with Gasteiger partial charge in [-0.1, -0.05) is 37.1 Å². The van der Waals surface area contributed by atoms with Crippen molar-refractivity contribution in [3.05, 3.63) is 88.4 Å². The first-order valence-corrected chi connectivity index (χ1v) is 13.5. The van der Waals surface area contributed by atoms with Crippen molar-refractivity contribution in [2.24, 2.45) is 16.3 Å². The van der Waals surface area contributed by atoms with Crippen molar-refractivity contribution in [1.82, 2.24) is 0 Å². The van der Waals surface area contributed by atoms with Crippen molar-refractivity contribution in [3.8, 4) is 6.07 Å². The molecule has 2 atom stereocenters. The molecular weight excluding hydrogens is 480 g/mol. The average molecular weight is 511 g/mol. The van der Waals surface area contributed by atoms with Crippen LogP contribution in [-0.4, -0.2) is 24.6 Å². The Morgan fingerprint density at radius 1 is 1.18 bits per heavy atom. The van der Waals surface area contributed by atoms with Crippen molar-refractivity contribution in [2.45, 2.75) is 57.8 Å². The normalized spacial score (nSPS) is 25.4. The van der Waals surface area contributed by atoms with E-state index >= 15 is 8.78 Å². The zero-order valence-corrected chi connectivity index (χ0v) is 21.5. The SMILES string of the molecule is CCCc1ccccc1N1C[C@@]2(CCC(F)(F)[C@H](CC3=CC=Nc4ccc(C#N)cc4C3)C2)C2=C([CH]2)C1=O. The minimum absolute atomic E-state index is 0.00402. The minimum atomic E-state index is -2.78. The number of halogens is 2. The van der Waals surface area contributed by atoms with Crippen molar-refractivity contribution in [1.29, 1.82) is 5.26 Å². The van der Waals surface area contributed by atoms with E-state index in [2.05, 4.69) is 24.1 Å². The van der Waals surface area contributed by atoms with Crippen LogP contribution in [0.5, 0.6) is 0 Å². The number of nitrogens with zero attached hydrogens (tertiary/aromatic N) is 3. The average Bonchev–Trinajstić information content (AvgIpc) is 3.74. The second-order valence-corrected chi connectivity index (χ2v) is 11.1. The lowest BCUT2D eigenvalue weighted by molar-refractivity contribution is -0.118. The van der Waals surface area contributed by atoms with Gasteiger partial charge in [-0.15, -0.1) is 0 Å². The summed E-state index contributed by atoms with van der Waals surface area (Å²) in [5, 5.41) is 9.31. The maximum absolute atomic E-state index is 15.5. The highest BCUT2D eigenvalue weighted by atomic mass is 19.3.